The molecule has 0 bridgehead atoms. The Bertz CT molecular complexity index is 4590. The van der Waals surface area contributed by atoms with Gasteiger partial charge in [-0.05, 0) is 140 Å². The number of nitrogens with zero attached hydrogens (tertiary/aromatic N) is 13. The van der Waals surface area contributed by atoms with Crippen LogP contribution in [0.5, 0.6) is 0 Å². The first kappa shape index (κ1) is 88.1. The average Bonchev–Trinajstić information content (AvgIpc) is 1.62. The topological polar surface area (TPSA) is 336 Å². The second-order valence-electron chi connectivity index (χ2n) is 31.8. The summed E-state index contributed by atoms with van der Waals surface area (Å²) < 4.78 is 20.0. The number of hydrogen-bond donors (Lipinski definition) is 5. The summed E-state index contributed by atoms with van der Waals surface area (Å²) in [4.78, 5) is 161. The molecule has 3 unspecified atom stereocenters. The molecule has 15 rings (SSSR count). The maximum Gasteiger partial charge on any atom is 1.00 e. The summed E-state index contributed by atoms with van der Waals surface area (Å²) in [6.07, 6.45) is 5.23. The van der Waals surface area contributed by atoms with E-state index < -0.39 is 47.0 Å². The number of aromatic nitrogens is 6. The van der Waals surface area contributed by atoms with Gasteiger partial charge >= 0.3 is 80.6 Å². The molecule has 0 spiro atoms. The van der Waals surface area contributed by atoms with Crippen LogP contribution in [0.3, 0.4) is 0 Å². The van der Waals surface area contributed by atoms with Gasteiger partial charge < -0.3 is 43.4 Å². The second-order valence-corrected chi connectivity index (χ2v) is 31.8. The van der Waals surface area contributed by atoms with Gasteiger partial charge in [-0.25, -0.2) is 24.0 Å². The van der Waals surface area contributed by atoms with Crippen LogP contribution >= 0.6 is 12.4 Å². The molecule has 3 aromatic carbocycles. The predicted octanol–water partition coefficient (Wildman–Crippen LogP) is -0.571. The molecule has 12 heterocycles. The van der Waals surface area contributed by atoms with Crippen LogP contribution < -0.4 is 95.0 Å². The van der Waals surface area contributed by atoms with Crippen LogP contribution in [0.1, 0.15) is 139 Å². The van der Waals surface area contributed by atoms with Crippen LogP contribution in [0.15, 0.2) is 69.0 Å². The zero-order chi connectivity index (χ0) is 77.0. The summed E-state index contributed by atoms with van der Waals surface area (Å²) in [6, 6.07) is 16.4. The fourth-order valence-electron chi connectivity index (χ4n) is 16.3. The van der Waals surface area contributed by atoms with Gasteiger partial charge in [0.1, 0.15) is 35.6 Å². The minimum absolute atomic E-state index is 0. The number of nitrogens with one attached hydrogen (secondary N) is 5. The number of benzene rings is 3. The van der Waals surface area contributed by atoms with Crippen molar-refractivity contribution < 1.29 is 104 Å². The van der Waals surface area contributed by atoms with Crippen molar-refractivity contribution in [2.24, 2.45) is 21.1 Å². The number of piperazine rings is 3. The van der Waals surface area contributed by atoms with Crippen LogP contribution in [0.2, 0.25) is 0 Å². The fraction of sp³-hybridized carbons (Fsp3) is 0.605. The standard InChI is InChI=1S/C27H38N6O5.C22H30N6O3.C14H13N3O4.C13H25N3O2.ClH.K.H2S/c1-27(2,3)38-26(37)32-10-9-19(17-32)31-13-11-30(12-14-31)16-18-5-6-20-22(15-18)29(4)25(36)33(20)21-7-8-23(34)28-24(21)35;1-25-19-12-15(14-26-8-10-27(11-9-26)16-6-7-23-13-16)2-3-17(19)28(22(25)31)18-4-5-20(29)24-21(18)30;1-16-11-6-8(7-18)2-3-9(11)17(14(16)21)10-4-5-12(19)15-13(10)20;1-13(2,3)18-12(17)16-7-4-11(10-16)15-8-5-14-6-9-15;;;/h5-6,15,19,21H,7-14,16-17H2,1-4H3,(H,28,34,35);2-3,12,16,18,23H,4-11,13-14H2,1H3,(H,24,29,30);2-3,6-7,10H,4-5H2,1H3,(H,15,19,20);11,14H,4-10H2,1-3H3;1H;;1H2/q;;;;;+1;/p-1/t19-,21?;16-,18?;;11-;;;/m11.1.../s1. The molecule has 600 valence electrons. The largest absolute Gasteiger partial charge is 1.00 e. The molecule has 5 N–H and O–H groups in total. The number of likely N-dealkylation sites (tertiary alicyclic amines) is 2. The summed E-state index contributed by atoms with van der Waals surface area (Å²) >= 11 is 0. The van der Waals surface area contributed by atoms with Crippen molar-refractivity contribution in [2.75, 3.05) is 118 Å². The smallest absolute Gasteiger partial charge is 0.813 e. The van der Waals surface area contributed by atoms with Gasteiger partial charge in [-0.15, -0.1) is 12.4 Å². The number of piperidine rings is 3. The van der Waals surface area contributed by atoms with E-state index in [4.69, 9.17) is 9.47 Å². The first-order valence-corrected chi connectivity index (χ1v) is 38.1. The van der Waals surface area contributed by atoms with E-state index >= 15 is 0 Å². The first-order valence-electron chi connectivity index (χ1n) is 38.1. The molecular weight excluding hydrogens is 1500 g/mol. The maximum atomic E-state index is 13.0. The van der Waals surface area contributed by atoms with Crippen molar-refractivity contribution >= 4 is 113 Å². The quantitative estimate of drug-likeness (QED) is 0.0356. The second kappa shape index (κ2) is 38.0. The number of carbonyl (C=O) groups excluding carboxylic acids is 9. The van der Waals surface area contributed by atoms with Gasteiger partial charge in [0.2, 0.25) is 35.4 Å². The summed E-state index contributed by atoms with van der Waals surface area (Å²) in [5.41, 5.74) is 5.23. The molecule has 9 aliphatic rings. The summed E-state index contributed by atoms with van der Waals surface area (Å²) in [5, 5.41) is 13.8. The Morgan fingerprint density at radius 1 is 0.441 bits per heavy atom. The minimum Gasteiger partial charge on any atom is -0.813 e. The third-order valence-corrected chi connectivity index (χ3v) is 22.1. The Labute approximate surface area is 701 Å². The van der Waals surface area contributed by atoms with Gasteiger partial charge in [0, 0.05) is 188 Å². The van der Waals surface area contributed by atoms with E-state index in [0.29, 0.717) is 72.3 Å². The number of fused-ring (bicyclic) bond motifs is 3. The third kappa shape index (κ3) is 21.0. The molecular formula is C76H108ClKN18O14S. The van der Waals surface area contributed by atoms with Gasteiger partial charge in [-0.2, -0.15) is 0 Å². The van der Waals surface area contributed by atoms with Crippen LogP contribution in [0.4, 0.5) is 9.59 Å². The maximum absolute atomic E-state index is 13.0. The third-order valence-electron chi connectivity index (χ3n) is 22.1. The monoisotopic (exact) mass is 1600 g/mol. The molecule has 35 heteroatoms. The van der Waals surface area contributed by atoms with Crippen molar-refractivity contribution in [3.63, 3.8) is 0 Å². The number of hydrogen-bond acceptors (Lipinski definition) is 22. The van der Waals surface area contributed by atoms with Crippen molar-refractivity contribution in [1.82, 2.24) is 88.3 Å². The van der Waals surface area contributed by atoms with Crippen molar-refractivity contribution in [1.29, 1.82) is 0 Å². The number of thiol groups is 1. The van der Waals surface area contributed by atoms with E-state index in [9.17, 15) is 57.5 Å². The van der Waals surface area contributed by atoms with E-state index in [1.54, 1.807) is 48.5 Å². The molecule has 3 aromatic heterocycles. The van der Waals surface area contributed by atoms with E-state index in [1.807, 2.05) is 75.6 Å². The molecule has 9 saturated heterocycles. The van der Waals surface area contributed by atoms with Gasteiger partial charge in [0.15, 0.2) is 0 Å². The van der Waals surface area contributed by atoms with Gasteiger partial charge in [0.25, 0.3) is 0 Å². The summed E-state index contributed by atoms with van der Waals surface area (Å²) in [6.45, 7) is 30.7. The molecule has 0 saturated carbocycles. The first-order chi connectivity index (χ1) is 51.5. The molecule has 9 fully saturated rings. The van der Waals surface area contributed by atoms with Gasteiger partial charge in [-0.3, -0.25) is 101 Å². The van der Waals surface area contributed by atoms with Crippen LogP contribution in [0, 0.1) is 0 Å². The number of rotatable bonds is 11. The summed E-state index contributed by atoms with van der Waals surface area (Å²) in [5.74, 6) is -2.19. The molecule has 0 radical (unpaired) electrons. The fourth-order valence-corrected chi connectivity index (χ4v) is 16.3. The van der Waals surface area contributed by atoms with Crippen molar-refractivity contribution in [3.05, 3.63) is 103 Å². The zero-order valence-electron chi connectivity index (χ0n) is 65.6. The Morgan fingerprint density at radius 2 is 0.802 bits per heavy atom. The predicted molar refractivity (Wildman–Crippen MR) is 419 cm³/mol. The number of halogens is 1. The Balaban J connectivity index is 0.000000175. The Kier molecular flexibility index (Phi) is 30.2. The molecule has 111 heavy (non-hydrogen) atoms. The molecule has 6 atom stereocenters. The molecule has 8 amide bonds. The van der Waals surface area contributed by atoms with Gasteiger partial charge in [-0.1, -0.05) is 12.1 Å². The van der Waals surface area contributed by atoms with Crippen molar-refractivity contribution in [2.45, 2.75) is 160 Å². The van der Waals surface area contributed by atoms with Crippen LogP contribution in [0.25, 0.3) is 33.1 Å². The number of amides is 8. The van der Waals surface area contributed by atoms with Crippen LogP contribution in [-0.2, 0) is 86.0 Å². The Morgan fingerprint density at radius 3 is 1.15 bits per heavy atom. The number of imide groups is 3. The number of aldehydes is 1. The normalized spacial score (nSPS) is 23.2. The summed E-state index contributed by atoms with van der Waals surface area (Å²) in [7, 11) is 5.05. The number of aryl methyl sites for hydroxylation is 3. The van der Waals surface area contributed by atoms with E-state index in [-0.39, 0.29) is 144 Å². The number of imidazole rings is 3. The SMILES string of the molecule is CC(C)(C)OC(=O)N1CC[C@@H](N2CCNCC2)C1.Cl.Cn1c(=O)n(C2CCC(=O)NC2=O)c2ccc(C=O)cc21.Cn1c(=O)n(C2CCC(=O)NC2=O)c2ccc(CN3CCN([C@@H]4CCN(C(=O)OC(C)(C)C)C4)CC3)cc21.Cn1c(=O)n(C2CCC(=O)NC2=O)c2ccc(CN3CCN([C@@H]4CCNC4)CC3)cc21.[K+].[SH-]. The number of carbonyl (C=O) groups is 9. The zero-order valence-corrected chi connectivity index (χ0v) is 70.5. The van der Waals surface area contributed by atoms with Crippen molar-refractivity contribution in [3.8, 4) is 0 Å². The Hall–Kier alpha value is -6.90. The van der Waals surface area contributed by atoms with Crippen LogP contribution in [-0.4, -0.2) is 263 Å². The molecule has 0 aliphatic carbocycles. The number of ether oxygens (including phenoxy) is 2. The van der Waals surface area contributed by atoms with Gasteiger partial charge in [0.05, 0.1) is 33.1 Å². The molecule has 6 aromatic rings. The molecule has 32 nitrogen and oxygen atoms in total. The van der Waals surface area contributed by atoms with E-state index in [0.717, 1.165) is 159 Å². The average molecular weight is 1600 g/mol. The molecule has 9 aliphatic heterocycles. The van der Waals surface area contributed by atoms with E-state index in [1.165, 1.54) is 30.3 Å². The minimum atomic E-state index is -0.707. The van der Waals surface area contributed by atoms with E-state index in [2.05, 4.69) is 63.2 Å².